The van der Waals surface area contributed by atoms with Crippen molar-refractivity contribution in [2.75, 3.05) is 29.9 Å². The van der Waals surface area contributed by atoms with Crippen LogP contribution in [0.5, 0.6) is 5.75 Å². The molecule has 1 aromatic carbocycles. The molecule has 5 rings (SSSR count). The minimum Gasteiger partial charge on any atom is -0.483 e. The highest BCUT2D eigenvalue weighted by molar-refractivity contribution is 5.95. The number of anilines is 2. The average Bonchev–Trinajstić information content (AvgIpc) is 3.39. The number of carboxylic acid groups (broad SMARTS) is 1. The SMILES string of the molecule is O=C1COc2ccc(N3CC(CCCNC4Cc5ccc(F)cc5C4)OC3=O)nc2N1.O=CO. The molecule has 3 aliphatic rings. The third kappa shape index (κ3) is 5.42. The highest BCUT2D eigenvalue weighted by atomic mass is 19.1. The molecule has 1 saturated heterocycles. The molecule has 34 heavy (non-hydrogen) atoms. The van der Waals surface area contributed by atoms with Crippen LogP contribution in [0.1, 0.15) is 24.0 Å². The highest BCUT2D eigenvalue weighted by Crippen LogP contribution is 2.30. The molecule has 1 aliphatic carbocycles. The molecular weight excluding hydrogens is 447 g/mol. The summed E-state index contributed by atoms with van der Waals surface area (Å²) in [5, 5.41) is 13.1. The molecule has 1 aromatic heterocycles. The fourth-order valence-electron chi connectivity index (χ4n) is 4.33. The maximum absolute atomic E-state index is 13.4. The van der Waals surface area contributed by atoms with Gasteiger partial charge >= 0.3 is 6.09 Å². The van der Waals surface area contributed by atoms with Gasteiger partial charge in [0.1, 0.15) is 17.7 Å². The quantitative estimate of drug-likeness (QED) is 0.431. The van der Waals surface area contributed by atoms with Gasteiger partial charge in [-0.25, -0.2) is 14.2 Å². The van der Waals surface area contributed by atoms with Crippen molar-refractivity contribution in [2.45, 2.75) is 37.8 Å². The van der Waals surface area contributed by atoms with Gasteiger partial charge in [0, 0.05) is 6.04 Å². The minimum atomic E-state index is -0.443. The largest absolute Gasteiger partial charge is 0.483 e. The molecule has 2 aliphatic heterocycles. The van der Waals surface area contributed by atoms with Gasteiger partial charge in [0.05, 0.1) is 6.54 Å². The van der Waals surface area contributed by atoms with E-state index in [9.17, 15) is 14.0 Å². The van der Waals surface area contributed by atoms with Crippen LogP contribution >= 0.6 is 0 Å². The predicted molar refractivity (Wildman–Crippen MR) is 120 cm³/mol. The topological polar surface area (TPSA) is 130 Å². The van der Waals surface area contributed by atoms with Gasteiger partial charge in [-0.1, -0.05) is 6.07 Å². The van der Waals surface area contributed by atoms with E-state index in [2.05, 4.69) is 15.6 Å². The van der Waals surface area contributed by atoms with Crippen LogP contribution in [0.3, 0.4) is 0 Å². The fourth-order valence-corrected chi connectivity index (χ4v) is 4.33. The molecular formula is C23H25FN4O6. The van der Waals surface area contributed by atoms with Gasteiger partial charge in [0.25, 0.3) is 12.4 Å². The van der Waals surface area contributed by atoms with Gasteiger partial charge in [-0.15, -0.1) is 0 Å². The number of cyclic esters (lactones) is 1. The summed E-state index contributed by atoms with van der Waals surface area (Å²) >= 11 is 0. The summed E-state index contributed by atoms with van der Waals surface area (Å²) < 4.78 is 24.1. The Bertz CT molecular complexity index is 1080. The predicted octanol–water partition coefficient (Wildman–Crippen LogP) is 2.11. The van der Waals surface area contributed by atoms with E-state index in [1.54, 1.807) is 18.2 Å². The summed E-state index contributed by atoms with van der Waals surface area (Å²) in [7, 11) is 0. The number of halogens is 1. The Morgan fingerprint density at radius 3 is 2.85 bits per heavy atom. The monoisotopic (exact) mass is 472 g/mol. The van der Waals surface area contributed by atoms with Crippen molar-refractivity contribution in [3.8, 4) is 5.75 Å². The molecule has 0 radical (unpaired) electrons. The van der Waals surface area contributed by atoms with Gasteiger partial charge in [0.15, 0.2) is 18.2 Å². The summed E-state index contributed by atoms with van der Waals surface area (Å²) in [5.41, 5.74) is 2.29. The van der Waals surface area contributed by atoms with Gasteiger partial charge in [0.2, 0.25) is 0 Å². The molecule has 11 heteroatoms. The minimum absolute atomic E-state index is 0.0419. The summed E-state index contributed by atoms with van der Waals surface area (Å²) in [5.74, 6) is 0.755. The first kappa shape index (κ1) is 23.4. The number of carbonyl (C=O) groups is 3. The zero-order valence-corrected chi connectivity index (χ0v) is 18.3. The number of benzene rings is 1. The van der Waals surface area contributed by atoms with Crippen LogP contribution < -0.4 is 20.3 Å². The van der Waals surface area contributed by atoms with Gasteiger partial charge < -0.3 is 25.2 Å². The Kier molecular flexibility index (Phi) is 7.21. The van der Waals surface area contributed by atoms with Crippen LogP contribution in [-0.2, 0) is 27.2 Å². The third-order valence-electron chi connectivity index (χ3n) is 5.85. The molecule has 10 nitrogen and oxygen atoms in total. The summed E-state index contributed by atoms with van der Waals surface area (Å²) in [6.07, 6.45) is 2.67. The van der Waals surface area contributed by atoms with Crippen molar-refractivity contribution >= 4 is 30.1 Å². The number of aromatic nitrogens is 1. The van der Waals surface area contributed by atoms with E-state index in [4.69, 9.17) is 19.4 Å². The van der Waals surface area contributed by atoms with Crippen molar-refractivity contribution in [1.82, 2.24) is 10.3 Å². The van der Waals surface area contributed by atoms with E-state index in [0.717, 1.165) is 37.8 Å². The van der Waals surface area contributed by atoms with E-state index < -0.39 is 6.09 Å². The molecule has 0 spiro atoms. The average molecular weight is 472 g/mol. The Balaban J connectivity index is 0.000000868. The van der Waals surface area contributed by atoms with Gasteiger partial charge in [-0.3, -0.25) is 14.5 Å². The van der Waals surface area contributed by atoms with Crippen LogP contribution in [-0.4, -0.2) is 60.4 Å². The van der Waals surface area contributed by atoms with E-state index in [1.807, 2.05) is 6.07 Å². The second-order valence-electron chi connectivity index (χ2n) is 8.19. The summed E-state index contributed by atoms with van der Waals surface area (Å²) in [4.78, 5) is 38.0. The van der Waals surface area contributed by atoms with Crippen molar-refractivity contribution in [3.05, 3.63) is 47.3 Å². The third-order valence-corrected chi connectivity index (χ3v) is 5.85. The lowest BCUT2D eigenvalue weighted by molar-refractivity contribution is -0.123. The first-order chi connectivity index (χ1) is 16.5. The Labute approximate surface area is 195 Å². The molecule has 180 valence electrons. The summed E-state index contributed by atoms with van der Waals surface area (Å²) in [6.45, 7) is 0.920. The zero-order valence-electron chi connectivity index (χ0n) is 18.3. The lowest BCUT2D eigenvalue weighted by atomic mass is 10.1. The van der Waals surface area contributed by atoms with Crippen LogP contribution in [0.15, 0.2) is 30.3 Å². The van der Waals surface area contributed by atoms with Crippen molar-refractivity contribution in [3.63, 3.8) is 0 Å². The molecule has 3 heterocycles. The fraction of sp³-hybridized carbons (Fsp3) is 0.391. The second kappa shape index (κ2) is 10.5. The molecule has 0 saturated carbocycles. The molecule has 1 fully saturated rings. The number of rotatable bonds is 6. The van der Waals surface area contributed by atoms with Crippen LogP contribution in [0.2, 0.25) is 0 Å². The second-order valence-corrected chi connectivity index (χ2v) is 8.19. The van der Waals surface area contributed by atoms with Crippen LogP contribution in [0.25, 0.3) is 0 Å². The van der Waals surface area contributed by atoms with E-state index in [1.165, 1.54) is 16.5 Å². The van der Waals surface area contributed by atoms with E-state index in [0.29, 0.717) is 30.0 Å². The van der Waals surface area contributed by atoms with Crippen molar-refractivity contribution < 1.29 is 33.4 Å². The number of nitrogens with one attached hydrogen (secondary N) is 2. The van der Waals surface area contributed by atoms with E-state index in [-0.39, 0.29) is 30.9 Å². The van der Waals surface area contributed by atoms with E-state index >= 15 is 0 Å². The van der Waals surface area contributed by atoms with Crippen LogP contribution in [0, 0.1) is 5.82 Å². The number of fused-ring (bicyclic) bond motifs is 2. The first-order valence-corrected chi connectivity index (χ1v) is 11.0. The number of hydrogen-bond donors (Lipinski definition) is 3. The molecule has 2 atom stereocenters. The smallest absolute Gasteiger partial charge is 0.415 e. The normalized spacial score (nSPS) is 20.3. The Hall–Kier alpha value is -3.73. The van der Waals surface area contributed by atoms with Crippen LogP contribution in [0.4, 0.5) is 20.8 Å². The number of ether oxygens (including phenoxy) is 2. The first-order valence-electron chi connectivity index (χ1n) is 11.0. The maximum atomic E-state index is 13.4. The Morgan fingerprint density at radius 2 is 2.03 bits per heavy atom. The standard InChI is InChI=1S/C22H23FN4O4.CH2O2/c23-15-4-3-13-9-16(10-14(13)8-15)24-7-1-2-17-11-27(22(29)31-17)19-6-5-18-21(25-19)26-20(28)12-30-18;2-1-3/h3-6,8,16-17,24H,1-2,7,9-12H2,(H,25,26,28);1H,(H,2,3). The number of amides is 2. The lowest BCUT2D eigenvalue weighted by Gasteiger charge is -2.19. The number of carbonyl (C=O) groups excluding carboxylic acids is 2. The molecule has 3 N–H and O–H groups in total. The lowest BCUT2D eigenvalue weighted by Crippen LogP contribution is -2.31. The number of nitrogens with zero attached hydrogens (tertiary/aromatic N) is 2. The Morgan fingerprint density at radius 1 is 1.24 bits per heavy atom. The number of pyridine rings is 1. The van der Waals surface area contributed by atoms with Crippen molar-refractivity contribution in [1.29, 1.82) is 0 Å². The number of hydrogen-bond acceptors (Lipinski definition) is 7. The molecule has 2 aromatic rings. The molecule has 2 unspecified atom stereocenters. The highest BCUT2D eigenvalue weighted by Gasteiger charge is 2.33. The summed E-state index contributed by atoms with van der Waals surface area (Å²) in [6, 6.07) is 8.69. The molecule has 0 bridgehead atoms. The maximum Gasteiger partial charge on any atom is 0.415 e. The molecule has 2 amide bonds. The van der Waals surface area contributed by atoms with Gasteiger partial charge in [-0.05, 0) is 67.6 Å². The zero-order chi connectivity index (χ0) is 24.1. The van der Waals surface area contributed by atoms with Crippen molar-refractivity contribution in [2.24, 2.45) is 0 Å². The van der Waals surface area contributed by atoms with Gasteiger partial charge in [-0.2, -0.15) is 0 Å².